The van der Waals surface area contributed by atoms with Gasteiger partial charge in [-0.3, -0.25) is 9.59 Å². The summed E-state index contributed by atoms with van der Waals surface area (Å²) in [5.41, 5.74) is 2.31. The lowest BCUT2D eigenvalue weighted by atomic mass is 9.96. The predicted octanol–water partition coefficient (Wildman–Crippen LogP) is 5.44. The fourth-order valence-electron chi connectivity index (χ4n) is 4.35. The zero-order chi connectivity index (χ0) is 27.2. The standard InChI is InChI=1S/C29H47N3O4/c1-10-11-14-30-26(33)25(22-13-12-19(4)20(5)16-22)32(24-17-21(24)6)27(34)23(15-18(2)3)31-28(35)36-29(7,8)9/h12-13,16,18,21,23-25H,10-11,14-15,17H2,1-9H3,(H,30,33)(H,31,35). The zero-order valence-corrected chi connectivity index (χ0v) is 23.7. The van der Waals surface area contributed by atoms with E-state index in [9.17, 15) is 14.4 Å². The van der Waals surface area contributed by atoms with E-state index in [1.54, 1.807) is 25.7 Å². The highest BCUT2D eigenvalue weighted by Crippen LogP contribution is 2.41. The summed E-state index contributed by atoms with van der Waals surface area (Å²) in [7, 11) is 0. The van der Waals surface area contributed by atoms with Crippen molar-refractivity contribution in [3.63, 3.8) is 0 Å². The average molecular weight is 502 g/mol. The van der Waals surface area contributed by atoms with Crippen molar-refractivity contribution in [3.8, 4) is 0 Å². The maximum atomic E-state index is 14.2. The minimum absolute atomic E-state index is 0.0591. The van der Waals surface area contributed by atoms with E-state index in [0.717, 1.165) is 36.0 Å². The highest BCUT2D eigenvalue weighted by atomic mass is 16.6. The van der Waals surface area contributed by atoms with Gasteiger partial charge in [0.15, 0.2) is 0 Å². The van der Waals surface area contributed by atoms with Gasteiger partial charge in [0.25, 0.3) is 0 Å². The summed E-state index contributed by atoms with van der Waals surface area (Å²) in [5.74, 6) is 0.0240. The molecular weight excluding hydrogens is 454 g/mol. The molecule has 202 valence electrons. The van der Waals surface area contributed by atoms with Crippen molar-refractivity contribution in [3.05, 3.63) is 34.9 Å². The van der Waals surface area contributed by atoms with Crippen LogP contribution in [-0.4, -0.2) is 47.0 Å². The molecular formula is C29H47N3O4. The van der Waals surface area contributed by atoms with Gasteiger partial charge < -0.3 is 20.3 Å². The molecule has 2 N–H and O–H groups in total. The lowest BCUT2D eigenvalue weighted by Crippen LogP contribution is -2.54. The van der Waals surface area contributed by atoms with E-state index in [1.807, 2.05) is 45.9 Å². The van der Waals surface area contributed by atoms with E-state index >= 15 is 0 Å². The van der Waals surface area contributed by atoms with Crippen LogP contribution in [0.1, 0.15) is 96.9 Å². The molecule has 4 atom stereocenters. The lowest BCUT2D eigenvalue weighted by Gasteiger charge is -2.35. The number of hydrogen-bond acceptors (Lipinski definition) is 4. The number of unbranched alkanes of at least 4 members (excludes halogenated alkanes) is 1. The molecule has 1 aromatic carbocycles. The van der Waals surface area contributed by atoms with Crippen molar-refractivity contribution >= 4 is 17.9 Å². The summed E-state index contributed by atoms with van der Waals surface area (Å²) in [6.45, 7) is 18.2. The number of nitrogens with zero attached hydrogens (tertiary/aromatic N) is 1. The fraction of sp³-hybridized carbons (Fsp3) is 0.690. The molecule has 36 heavy (non-hydrogen) atoms. The van der Waals surface area contributed by atoms with Gasteiger partial charge in [-0.15, -0.1) is 0 Å². The first kappa shape index (κ1) is 29.7. The molecule has 0 aromatic heterocycles. The molecule has 0 spiro atoms. The van der Waals surface area contributed by atoms with E-state index in [0.29, 0.717) is 13.0 Å². The third-order valence-electron chi connectivity index (χ3n) is 6.58. The number of benzene rings is 1. The van der Waals surface area contributed by atoms with Crippen molar-refractivity contribution in [2.75, 3.05) is 6.54 Å². The molecule has 0 aliphatic heterocycles. The number of amides is 3. The SMILES string of the molecule is CCCCNC(=O)C(c1ccc(C)c(C)c1)N(C(=O)C(CC(C)C)NC(=O)OC(C)(C)C)C1CC1C. The molecule has 4 unspecified atom stereocenters. The van der Waals surface area contributed by atoms with Gasteiger partial charge in [-0.05, 0) is 82.4 Å². The van der Waals surface area contributed by atoms with E-state index in [4.69, 9.17) is 4.74 Å². The molecule has 1 aliphatic carbocycles. The number of hydrogen-bond donors (Lipinski definition) is 2. The van der Waals surface area contributed by atoms with E-state index in [-0.39, 0.29) is 29.7 Å². The quantitative estimate of drug-likeness (QED) is 0.395. The Hall–Kier alpha value is -2.57. The number of ether oxygens (including phenoxy) is 1. The van der Waals surface area contributed by atoms with Crippen molar-refractivity contribution < 1.29 is 19.1 Å². The van der Waals surface area contributed by atoms with Crippen molar-refractivity contribution in [1.82, 2.24) is 15.5 Å². The van der Waals surface area contributed by atoms with E-state index < -0.39 is 23.8 Å². The second-order valence-electron chi connectivity index (χ2n) is 11.7. The van der Waals surface area contributed by atoms with Crippen molar-refractivity contribution in [2.45, 2.75) is 112 Å². The Morgan fingerprint density at radius 2 is 1.78 bits per heavy atom. The van der Waals surface area contributed by atoms with Gasteiger partial charge in [0.1, 0.15) is 17.7 Å². The first-order valence-corrected chi connectivity index (χ1v) is 13.4. The largest absolute Gasteiger partial charge is 0.444 e. The fourth-order valence-corrected chi connectivity index (χ4v) is 4.35. The topological polar surface area (TPSA) is 87.7 Å². The molecule has 2 rings (SSSR count). The van der Waals surface area contributed by atoms with Crippen LogP contribution in [-0.2, 0) is 14.3 Å². The number of alkyl carbamates (subject to hydrolysis) is 1. The van der Waals surface area contributed by atoms with Crippen LogP contribution in [0.25, 0.3) is 0 Å². The van der Waals surface area contributed by atoms with Gasteiger partial charge in [-0.25, -0.2) is 4.79 Å². The highest BCUT2D eigenvalue weighted by Gasteiger charge is 2.48. The third-order valence-corrected chi connectivity index (χ3v) is 6.58. The zero-order valence-electron chi connectivity index (χ0n) is 23.7. The van der Waals surface area contributed by atoms with Crippen LogP contribution in [0, 0.1) is 25.7 Å². The first-order chi connectivity index (χ1) is 16.7. The highest BCUT2D eigenvalue weighted by molar-refractivity contribution is 5.92. The Morgan fingerprint density at radius 1 is 1.14 bits per heavy atom. The minimum atomic E-state index is -0.787. The first-order valence-electron chi connectivity index (χ1n) is 13.4. The summed E-state index contributed by atoms with van der Waals surface area (Å²) < 4.78 is 5.46. The molecule has 7 nitrogen and oxygen atoms in total. The summed E-state index contributed by atoms with van der Waals surface area (Å²) in [5, 5.41) is 5.87. The second kappa shape index (κ2) is 12.6. The van der Waals surface area contributed by atoms with Crippen LogP contribution < -0.4 is 10.6 Å². The molecule has 3 amide bonds. The summed E-state index contributed by atoms with van der Waals surface area (Å²) in [6.07, 6.45) is 2.49. The number of carbonyl (C=O) groups is 3. The maximum Gasteiger partial charge on any atom is 0.408 e. The normalized spacial score (nSPS) is 18.8. The molecule has 1 fully saturated rings. The predicted molar refractivity (Wildman–Crippen MR) is 144 cm³/mol. The molecule has 0 bridgehead atoms. The number of nitrogens with one attached hydrogen (secondary N) is 2. The summed E-state index contributed by atoms with van der Waals surface area (Å²) >= 11 is 0. The number of aryl methyl sites for hydroxylation is 2. The molecule has 1 aromatic rings. The van der Waals surface area contributed by atoms with Crippen LogP contribution in [0.3, 0.4) is 0 Å². The third kappa shape index (κ3) is 8.52. The van der Waals surface area contributed by atoms with Crippen LogP contribution in [0.4, 0.5) is 4.79 Å². The average Bonchev–Trinajstić information content (AvgIpc) is 3.47. The molecule has 1 aliphatic rings. The molecule has 7 heteroatoms. The smallest absolute Gasteiger partial charge is 0.408 e. The van der Waals surface area contributed by atoms with Crippen LogP contribution in [0.15, 0.2) is 18.2 Å². The Morgan fingerprint density at radius 3 is 2.28 bits per heavy atom. The van der Waals surface area contributed by atoms with Crippen LogP contribution in [0.5, 0.6) is 0 Å². The van der Waals surface area contributed by atoms with Gasteiger partial charge in [0, 0.05) is 12.6 Å². The second-order valence-corrected chi connectivity index (χ2v) is 11.7. The minimum Gasteiger partial charge on any atom is -0.444 e. The Bertz CT molecular complexity index is 922. The number of carbonyl (C=O) groups excluding carboxylic acids is 3. The molecule has 0 heterocycles. The lowest BCUT2D eigenvalue weighted by molar-refractivity contribution is -0.143. The van der Waals surface area contributed by atoms with Gasteiger partial charge in [0.05, 0.1) is 0 Å². The van der Waals surface area contributed by atoms with Crippen LogP contribution >= 0.6 is 0 Å². The summed E-state index contributed by atoms with van der Waals surface area (Å²) in [4.78, 5) is 42.2. The van der Waals surface area contributed by atoms with Crippen molar-refractivity contribution in [1.29, 1.82) is 0 Å². The molecule has 1 saturated carbocycles. The van der Waals surface area contributed by atoms with Gasteiger partial charge >= 0.3 is 6.09 Å². The Balaban J connectivity index is 2.48. The number of rotatable bonds is 11. The molecule has 0 saturated heterocycles. The monoisotopic (exact) mass is 501 g/mol. The Kier molecular flexibility index (Phi) is 10.4. The maximum absolute atomic E-state index is 14.2. The van der Waals surface area contributed by atoms with Gasteiger partial charge in [-0.1, -0.05) is 52.3 Å². The summed E-state index contributed by atoms with van der Waals surface area (Å²) in [6, 6.07) is 4.34. The van der Waals surface area contributed by atoms with Gasteiger partial charge in [0.2, 0.25) is 11.8 Å². The van der Waals surface area contributed by atoms with Crippen LogP contribution in [0.2, 0.25) is 0 Å². The Labute approximate surface area is 217 Å². The van der Waals surface area contributed by atoms with Crippen molar-refractivity contribution in [2.24, 2.45) is 11.8 Å². The van der Waals surface area contributed by atoms with E-state index in [2.05, 4.69) is 24.5 Å². The van der Waals surface area contributed by atoms with Gasteiger partial charge in [-0.2, -0.15) is 0 Å². The molecule has 0 radical (unpaired) electrons. The van der Waals surface area contributed by atoms with E-state index in [1.165, 1.54) is 0 Å².